The standard InChI is InChI=1S/C16H12N4O3/c21-16-8-7-15(13-3-5-14(6-4-13)20(22)23)18-19(16)11-12-2-1-9-17-10-12/h1-10H,11H2. The maximum absolute atomic E-state index is 11.9. The first-order valence-corrected chi connectivity index (χ1v) is 6.85. The van der Waals surface area contributed by atoms with Crippen LogP contribution in [0.2, 0.25) is 0 Å². The van der Waals surface area contributed by atoms with Gasteiger partial charge in [0.05, 0.1) is 17.2 Å². The van der Waals surface area contributed by atoms with Gasteiger partial charge in [0.25, 0.3) is 11.2 Å². The molecule has 0 saturated heterocycles. The molecule has 23 heavy (non-hydrogen) atoms. The highest BCUT2D eigenvalue weighted by Gasteiger charge is 2.08. The number of hydrogen-bond donors (Lipinski definition) is 0. The summed E-state index contributed by atoms with van der Waals surface area (Å²) < 4.78 is 1.34. The second kappa shape index (κ2) is 6.18. The third-order valence-corrected chi connectivity index (χ3v) is 3.30. The molecule has 0 bridgehead atoms. The summed E-state index contributed by atoms with van der Waals surface area (Å²) >= 11 is 0. The number of nitro groups is 1. The van der Waals surface area contributed by atoms with Crippen molar-refractivity contribution in [2.75, 3.05) is 0 Å². The van der Waals surface area contributed by atoms with Crippen molar-refractivity contribution >= 4 is 5.69 Å². The van der Waals surface area contributed by atoms with E-state index in [9.17, 15) is 14.9 Å². The van der Waals surface area contributed by atoms with E-state index in [2.05, 4.69) is 10.1 Å². The van der Waals surface area contributed by atoms with Gasteiger partial charge in [0.1, 0.15) is 0 Å². The van der Waals surface area contributed by atoms with E-state index in [1.165, 1.54) is 22.9 Å². The van der Waals surface area contributed by atoms with Crippen LogP contribution >= 0.6 is 0 Å². The molecule has 0 unspecified atom stereocenters. The van der Waals surface area contributed by atoms with Crippen LogP contribution in [0.1, 0.15) is 5.56 Å². The number of nitro benzene ring substituents is 1. The second-order valence-corrected chi connectivity index (χ2v) is 4.88. The Bertz CT molecular complexity index is 889. The number of benzene rings is 1. The highest BCUT2D eigenvalue weighted by molar-refractivity contribution is 5.60. The number of hydrogen-bond acceptors (Lipinski definition) is 5. The third kappa shape index (κ3) is 3.29. The van der Waals surface area contributed by atoms with Gasteiger partial charge in [-0.1, -0.05) is 6.07 Å². The van der Waals surface area contributed by atoms with Crippen LogP contribution in [0.15, 0.2) is 65.7 Å². The fraction of sp³-hybridized carbons (Fsp3) is 0.0625. The predicted molar refractivity (Wildman–Crippen MR) is 83.9 cm³/mol. The first-order valence-electron chi connectivity index (χ1n) is 6.85. The maximum Gasteiger partial charge on any atom is 0.269 e. The molecule has 7 nitrogen and oxygen atoms in total. The van der Waals surface area contributed by atoms with E-state index in [0.717, 1.165) is 5.56 Å². The fourth-order valence-corrected chi connectivity index (χ4v) is 2.13. The van der Waals surface area contributed by atoms with Crippen LogP contribution < -0.4 is 5.56 Å². The fourth-order valence-electron chi connectivity index (χ4n) is 2.13. The summed E-state index contributed by atoms with van der Waals surface area (Å²) in [5, 5.41) is 15.0. The molecular formula is C16H12N4O3. The van der Waals surface area contributed by atoms with Crippen molar-refractivity contribution in [1.29, 1.82) is 0 Å². The van der Waals surface area contributed by atoms with Crippen molar-refractivity contribution in [1.82, 2.24) is 14.8 Å². The minimum Gasteiger partial charge on any atom is -0.268 e. The summed E-state index contributed by atoms with van der Waals surface area (Å²) in [4.78, 5) is 26.2. The zero-order valence-corrected chi connectivity index (χ0v) is 12.0. The molecule has 0 spiro atoms. The van der Waals surface area contributed by atoms with E-state index in [0.29, 0.717) is 17.8 Å². The minimum absolute atomic E-state index is 0.0115. The van der Waals surface area contributed by atoms with E-state index in [1.807, 2.05) is 6.07 Å². The zero-order valence-electron chi connectivity index (χ0n) is 12.0. The Hall–Kier alpha value is -3.35. The zero-order chi connectivity index (χ0) is 16.2. The quantitative estimate of drug-likeness (QED) is 0.544. The van der Waals surface area contributed by atoms with E-state index >= 15 is 0 Å². The van der Waals surface area contributed by atoms with Crippen molar-refractivity contribution in [2.24, 2.45) is 0 Å². The van der Waals surface area contributed by atoms with Crippen molar-refractivity contribution < 1.29 is 4.92 Å². The Kier molecular flexibility index (Phi) is 3.92. The molecule has 0 aliphatic heterocycles. The molecule has 0 N–H and O–H groups in total. The molecule has 0 amide bonds. The van der Waals surface area contributed by atoms with Crippen molar-refractivity contribution in [2.45, 2.75) is 6.54 Å². The van der Waals surface area contributed by atoms with E-state index in [1.54, 1.807) is 36.7 Å². The van der Waals surface area contributed by atoms with Crippen molar-refractivity contribution in [3.63, 3.8) is 0 Å². The number of pyridine rings is 1. The average molecular weight is 308 g/mol. The molecular weight excluding hydrogens is 296 g/mol. The van der Waals surface area contributed by atoms with Crippen LogP contribution in [0.25, 0.3) is 11.3 Å². The van der Waals surface area contributed by atoms with Gasteiger partial charge in [-0.2, -0.15) is 5.10 Å². The Morgan fingerprint density at radius 2 is 1.87 bits per heavy atom. The Labute approximate surface area is 131 Å². The second-order valence-electron chi connectivity index (χ2n) is 4.88. The van der Waals surface area contributed by atoms with Gasteiger partial charge < -0.3 is 0 Å². The average Bonchev–Trinajstić information content (AvgIpc) is 2.58. The van der Waals surface area contributed by atoms with Crippen LogP contribution in [0.3, 0.4) is 0 Å². The van der Waals surface area contributed by atoms with Crippen molar-refractivity contribution in [3.05, 3.63) is 87.0 Å². The predicted octanol–water partition coefficient (Wildman–Crippen LogP) is 2.26. The monoisotopic (exact) mass is 308 g/mol. The normalized spacial score (nSPS) is 10.4. The Morgan fingerprint density at radius 3 is 2.52 bits per heavy atom. The van der Waals surface area contributed by atoms with Gasteiger partial charge in [0, 0.05) is 36.2 Å². The molecule has 1 aromatic carbocycles. The molecule has 2 aromatic heterocycles. The molecule has 0 aliphatic rings. The molecule has 3 rings (SSSR count). The van der Waals surface area contributed by atoms with Gasteiger partial charge in [-0.3, -0.25) is 19.9 Å². The third-order valence-electron chi connectivity index (χ3n) is 3.30. The first kappa shape index (κ1) is 14.6. The largest absolute Gasteiger partial charge is 0.269 e. The van der Waals surface area contributed by atoms with Gasteiger partial charge in [0.2, 0.25) is 0 Å². The molecule has 7 heteroatoms. The molecule has 0 atom stereocenters. The molecule has 0 fully saturated rings. The SMILES string of the molecule is O=c1ccc(-c2ccc([N+](=O)[O-])cc2)nn1Cc1cccnc1. The molecule has 2 heterocycles. The topological polar surface area (TPSA) is 90.9 Å². The first-order chi connectivity index (χ1) is 11.1. The maximum atomic E-state index is 11.9. The van der Waals surface area contributed by atoms with Crippen LogP contribution in [-0.4, -0.2) is 19.7 Å². The number of non-ortho nitro benzene ring substituents is 1. The van der Waals surface area contributed by atoms with E-state index < -0.39 is 4.92 Å². The van der Waals surface area contributed by atoms with Gasteiger partial charge in [-0.05, 0) is 29.8 Å². The molecule has 3 aromatic rings. The number of rotatable bonds is 4. The lowest BCUT2D eigenvalue weighted by Crippen LogP contribution is -2.22. The van der Waals surface area contributed by atoms with E-state index in [4.69, 9.17) is 0 Å². The summed E-state index contributed by atoms with van der Waals surface area (Å²) in [6.45, 7) is 0.313. The Morgan fingerprint density at radius 1 is 1.09 bits per heavy atom. The molecule has 0 radical (unpaired) electrons. The summed E-state index contributed by atoms with van der Waals surface area (Å²) in [7, 11) is 0. The van der Waals surface area contributed by atoms with Crippen LogP contribution in [0.5, 0.6) is 0 Å². The number of nitrogens with zero attached hydrogens (tertiary/aromatic N) is 4. The minimum atomic E-state index is -0.458. The van der Waals surface area contributed by atoms with Crippen LogP contribution in [0.4, 0.5) is 5.69 Å². The lowest BCUT2D eigenvalue weighted by Gasteiger charge is -2.07. The Balaban J connectivity index is 1.93. The van der Waals surface area contributed by atoms with Gasteiger partial charge in [-0.25, -0.2) is 4.68 Å². The van der Waals surface area contributed by atoms with Crippen LogP contribution in [-0.2, 0) is 6.54 Å². The van der Waals surface area contributed by atoms with Gasteiger partial charge in [0.15, 0.2) is 0 Å². The lowest BCUT2D eigenvalue weighted by atomic mass is 10.1. The molecule has 0 saturated carbocycles. The lowest BCUT2D eigenvalue weighted by molar-refractivity contribution is -0.384. The number of aromatic nitrogens is 3. The van der Waals surface area contributed by atoms with E-state index in [-0.39, 0.29) is 11.2 Å². The van der Waals surface area contributed by atoms with Gasteiger partial charge >= 0.3 is 0 Å². The summed E-state index contributed by atoms with van der Waals surface area (Å²) in [5.41, 5.74) is 1.93. The smallest absolute Gasteiger partial charge is 0.268 e. The molecule has 114 valence electrons. The van der Waals surface area contributed by atoms with Crippen molar-refractivity contribution in [3.8, 4) is 11.3 Å². The molecule has 0 aliphatic carbocycles. The highest BCUT2D eigenvalue weighted by atomic mass is 16.6. The highest BCUT2D eigenvalue weighted by Crippen LogP contribution is 2.19. The summed E-state index contributed by atoms with van der Waals surface area (Å²) in [5.74, 6) is 0. The van der Waals surface area contributed by atoms with Crippen LogP contribution in [0, 0.1) is 10.1 Å². The summed E-state index contributed by atoms with van der Waals surface area (Å²) in [6.07, 6.45) is 3.33. The van der Waals surface area contributed by atoms with Gasteiger partial charge in [-0.15, -0.1) is 0 Å². The summed E-state index contributed by atoms with van der Waals surface area (Å²) in [6, 6.07) is 12.7.